The third-order valence-electron chi connectivity index (χ3n) is 12.1. The van der Waals surface area contributed by atoms with Gasteiger partial charge < -0.3 is 84.0 Å². The van der Waals surface area contributed by atoms with E-state index in [1.54, 1.807) is 27.7 Å². The maximum atomic E-state index is 13.9. The van der Waals surface area contributed by atoms with Crippen molar-refractivity contribution < 1.29 is 87.9 Å². The van der Waals surface area contributed by atoms with Gasteiger partial charge in [0.15, 0.2) is 0 Å². The van der Waals surface area contributed by atoms with Gasteiger partial charge in [0.1, 0.15) is 54.1 Å². The minimum Gasteiger partial charge on any atom is -0.508 e. The number of thiol groups is 2. The molecule has 0 radical (unpaired) electrons. The van der Waals surface area contributed by atoms with Gasteiger partial charge in [-0.05, 0) is 68.6 Å². The lowest BCUT2D eigenvalue weighted by Gasteiger charge is -2.29. The molecule has 31 heteroatoms. The lowest BCUT2D eigenvalue weighted by Crippen LogP contribution is -2.59. The number of hydrogen-bond donors (Lipinski definition) is 17. The number of phenols is 1. The monoisotopic (exact) mass is 1170 g/mol. The first-order chi connectivity index (χ1) is 37.5. The van der Waals surface area contributed by atoms with Crippen LogP contribution >= 0.6 is 25.3 Å². The van der Waals surface area contributed by atoms with E-state index >= 15 is 0 Å². The van der Waals surface area contributed by atoms with E-state index in [9.17, 15) is 87.9 Å². The Kier molecular flexibility index (Phi) is 29.3. The fourth-order valence-corrected chi connectivity index (χ4v) is 8.38. The van der Waals surface area contributed by atoms with Gasteiger partial charge in [-0.1, -0.05) is 39.8 Å². The topological polar surface area (TPSA) is 461 Å². The molecule has 1 aromatic rings. The van der Waals surface area contributed by atoms with Crippen LogP contribution in [-0.4, -0.2) is 199 Å². The number of nitrogens with zero attached hydrogens (tertiary/aromatic N) is 1. The number of phenolic OH excluding ortho intramolecular Hbond substituents is 1. The molecule has 446 valence electrons. The number of aliphatic hydroxyl groups is 1. The summed E-state index contributed by atoms with van der Waals surface area (Å²) in [6.07, 6.45) is -3.62. The lowest BCUT2D eigenvalue weighted by atomic mass is 10.00. The molecule has 2 rings (SSSR count). The van der Waals surface area contributed by atoms with Gasteiger partial charge in [0.05, 0.1) is 31.7 Å². The van der Waals surface area contributed by atoms with Crippen LogP contribution in [0.5, 0.6) is 5.75 Å². The third-order valence-corrected chi connectivity index (χ3v) is 12.8. The molecule has 1 fully saturated rings. The Labute approximate surface area is 472 Å². The Bertz CT molecular complexity index is 2380. The first-order valence-corrected chi connectivity index (χ1v) is 26.8. The molecule has 0 spiro atoms. The van der Waals surface area contributed by atoms with E-state index < -0.39 is 170 Å². The Morgan fingerprint density at radius 3 is 1.62 bits per heavy atom. The van der Waals surface area contributed by atoms with Crippen LogP contribution in [0, 0.1) is 11.8 Å². The minimum absolute atomic E-state index is 0.0154. The summed E-state index contributed by atoms with van der Waals surface area (Å²) in [5, 5.41) is 69.9. The van der Waals surface area contributed by atoms with Crippen molar-refractivity contribution in [2.45, 2.75) is 146 Å². The number of aromatic hydroxyl groups is 1. The number of rotatable bonds is 34. The van der Waals surface area contributed by atoms with Gasteiger partial charge in [0.25, 0.3) is 0 Å². The van der Waals surface area contributed by atoms with E-state index in [1.807, 2.05) is 0 Å². The number of carboxylic acids is 3. The molecule has 0 saturated carbocycles. The van der Waals surface area contributed by atoms with Crippen molar-refractivity contribution in [2.24, 2.45) is 17.6 Å². The summed E-state index contributed by atoms with van der Waals surface area (Å²) < 4.78 is 0. The number of aliphatic carboxylic acids is 3. The standard InChI is InChI=1S/C49H75N11O18S2/c1-23(2)15-30(54-41(69)28(50)21-79)43(71)57-33(18-39(67)68)48(76)60-14-6-7-35(60)46(74)51-20-37(64)59-40(25(5)61)47(75)52-19-36(63)53-29(12-13-38(65)66)42(70)56-32(17-26-8-10-27(62)11-9-26)45(73)55-31(16-24(3)4)44(72)58-34(22-80)49(77)78/h8-11,23-25,28-35,40,61-62,79-80H,6-7,12-22,50H2,1-5H3,(H,51,74)(H,52,75)(H,53,63)(H,54,69)(H,55,73)(H,56,70)(H,57,71)(H,58,72)(H,59,64)(H,65,66)(H,67,68)(H,77,78)/t25-,28+,29+,30+,31+,32+,33+,34+,35+,40+/m1/s1. The molecule has 29 nitrogen and oxygen atoms in total. The van der Waals surface area contributed by atoms with Crippen molar-refractivity contribution in [3.63, 3.8) is 0 Å². The minimum atomic E-state index is -1.77. The van der Waals surface area contributed by atoms with E-state index in [4.69, 9.17) is 5.73 Å². The molecule has 10 amide bonds. The van der Waals surface area contributed by atoms with Crippen molar-refractivity contribution in [1.29, 1.82) is 0 Å². The van der Waals surface area contributed by atoms with Crippen molar-refractivity contribution in [2.75, 3.05) is 31.1 Å². The Morgan fingerprint density at radius 1 is 0.613 bits per heavy atom. The molecule has 1 heterocycles. The van der Waals surface area contributed by atoms with Crippen LogP contribution < -0.4 is 53.6 Å². The van der Waals surface area contributed by atoms with Crippen LogP contribution in [0.15, 0.2) is 24.3 Å². The van der Waals surface area contributed by atoms with Crippen molar-refractivity contribution in [3.8, 4) is 5.75 Å². The second-order valence-corrected chi connectivity index (χ2v) is 20.5. The number of carboxylic acid groups (broad SMARTS) is 3. The number of aliphatic hydroxyl groups excluding tert-OH is 1. The van der Waals surface area contributed by atoms with Gasteiger partial charge in [-0.2, -0.15) is 25.3 Å². The van der Waals surface area contributed by atoms with Gasteiger partial charge in [-0.15, -0.1) is 0 Å². The van der Waals surface area contributed by atoms with E-state index in [2.05, 4.69) is 73.1 Å². The summed E-state index contributed by atoms with van der Waals surface area (Å²) in [7, 11) is 0. The summed E-state index contributed by atoms with van der Waals surface area (Å²) in [5.74, 6) is -14.7. The van der Waals surface area contributed by atoms with Crippen molar-refractivity contribution in [3.05, 3.63) is 29.8 Å². The number of amides is 10. The number of carbonyl (C=O) groups excluding carboxylic acids is 10. The van der Waals surface area contributed by atoms with Crippen LogP contribution in [0.3, 0.4) is 0 Å². The van der Waals surface area contributed by atoms with E-state index in [0.717, 1.165) is 11.8 Å². The Morgan fingerprint density at radius 2 is 1.11 bits per heavy atom. The second kappa shape index (κ2) is 34.0. The zero-order valence-corrected chi connectivity index (χ0v) is 46.7. The van der Waals surface area contributed by atoms with Gasteiger partial charge in [0.2, 0.25) is 59.1 Å². The third kappa shape index (κ3) is 24.0. The second-order valence-electron chi connectivity index (χ2n) is 19.8. The fraction of sp³-hybridized carbons (Fsp3) is 0.612. The molecule has 0 unspecified atom stereocenters. The SMILES string of the molecule is CC(C)C[C@H](NC(=O)[C@H](Cc1ccc(O)cc1)NC(=O)[C@H](CCC(=O)O)NC(=O)CNC(=O)[C@@H](NC(=O)CNC(=O)[C@@H]1CCCN1C(=O)[C@H](CC(=O)O)NC(=O)[C@H](CC(C)C)NC(=O)[C@@H](N)CS)[C@@H](C)O)C(=O)N[C@@H](CS)C(=O)O. The van der Waals surface area contributed by atoms with Crippen LogP contribution in [0.2, 0.25) is 0 Å². The number of hydrogen-bond acceptors (Lipinski definition) is 18. The quantitative estimate of drug-likeness (QED) is 0.0290. The van der Waals surface area contributed by atoms with E-state index in [1.165, 1.54) is 24.3 Å². The number of nitrogens with one attached hydrogen (secondary N) is 9. The predicted molar refractivity (Wildman–Crippen MR) is 289 cm³/mol. The van der Waals surface area contributed by atoms with Gasteiger partial charge in [-0.25, -0.2) is 4.79 Å². The highest BCUT2D eigenvalue weighted by atomic mass is 32.1. The van der Waals surface area contributed by atoms with E-state index in [0.29, 0.717) is 5.56 Å². The zero-order valence-electron chi connectivity index (χ0n) is 44.9. The lowest BCUT2D eigenvalue weighted by molar-refractivity contribution is -0.146. The number of carbonyl (C=O) groups is 13. The summed E-state index contributed by atoms with van der Waals surface area (Å²) in [4.78, 5) is 170. The maximum Gasteiger partial charge on any atom is 0.327 e. The average Bonchev–Trinajstić information content (AvgIpc) is 3.88. The summed E-state index contributed by atoms with van der Waals surface area (Å²) in [6.45, 7) is 6.28. The molecule has 1 aliphatic rings. The van der Waals surface area contributed by atoms with Crippen LogP contribution in [-0.2, 0) is 68.7 Å². The molecular formula is C49H75N11O18S2. The summed E-state index contributed by atoms with van der Waals surface area (Å²) >= 11 is 7.94. The highest BCUT2D eigenvalue weighted by molar-refractivity contribution is 7.80. The zero-order chi connectivity index (χ0) is 60.6. The molecule has 0 bridgehead atoms. The molecular weight excluding hydrogens is 1090 g/mol. The highest BCUT2D eigenvalue weighted by Gasteiger charge is 2.40. The molecule has 1 aromatic carbocycles. The molecule has 80 heavy (non-hydrogen) atoms. The Balaban J connectivity index is 2.19. The van der Waals surface area contributed by atoms with Crippen LogP contribution in [0.25, 0.3) is 0 Å². The molecule has 1 saturated heterocycles. The summed E-state index contributed by atoms with van der Waals surface area (Å²) in [5.41, 5.74) is 6.13. The number of nitrogens with two attached hydrogens (primary N) is 1. The summed E-state index contributed by atoms with van der Waals surface area (Å²) in [6, 6.07) is -7.49. The number of likely N-dealkylation sites (tertiary alicyclic amines) is 1. The van der Waals surface area contributed by atoms with Gasteiger partial charge in [0, 0.05) is 30.9 Å². The first kappa shape index (κ1) is 68.9. The highest BCUT2D eigenvalue weighted by Crippen LogP contribution is 2.20. The maximum absolute atomic E-state index is 13.9. The molecule has 10 atom stereocenters. The molecule has 0 aromatic heterocycles. The van der Waals surface area contributed by atoms with Crippen LogP contribution in [0.4, 0.5) is 0 Å². The predicted octanol–water partition coefficient (Wildman–Crippen LogP) is -4.36. The average molecular weight is 1170 g/mol. The normalized spacial score (nSPS) is 16.4. The largest absolute Gasteiger partial charge is 0.508 e. The van der Waals surface area contributed by atoms with Gasteiger partial charge in [-0.3, -0.25) is 57.5 Å². The van der Waals surface area contributed by atoms with Crippen LogP contribution in [0.1, 0.15) is 85.1 Å². The Hall–Kier alpha value is -7.25. The van der Waals surface area contributed by atoms with E-state index in [-0.39, 0.29) is 67.7 Å². The molecule has 0 aliphatic carbocycles. The fourth-order valence-electron chi connectivity index (χ4n) is 7.97. The van der Waals surface area contributed by atoms with Crippen molar-refractivity contribution in [1.82, 2.24) is 52.8 Å². The van der Waals surface area contributed by atoms with Gasteiger partial charge >= 0.3 is 17.9 Å². The molecule has 16 N–H and O–H groups in total. The smallest absolute Gasteiger partial charge is 0.327 e. The number of benzene rings is 1. The first-order valence-electron chi connectivity index (χ1n) is 25.5. The van der Waals surface area contributed by atoms with Crippen molar-refractivity contribution >= 4 is 102 Å². The molecule has 1 aliphatic heterocycles.